The zero-order valence-corrected chi connectivity index (χ0v) is 23.6. The van der Waals surface area contributed by atoms with Gasteiger partial charge in [-0.3, -0.25) is 9.69 Å². The molecule has 0 amide bonds. The number of carboxylic acids is 1. The van der Waals surface area contributed by atoms with E-state index in [1.807, 2.05) is 11.0 Å². The zero-order chi connectivity index (χ0) is 27.6. The second-order valence-electron chi connectivity index (χ2n) is 12.0. The average molecular weight is 539 g/mol. The fourth-order valence-electron chi connectivity index (χ4n) is 6.24. The summed E-state index contributed by atoms with van der Waals surface area (Å²) < 4.78 is 20.4. The number of benzene rings is 1. The summed E-state index contributed by atoms with van der Waals surface area (Å²) in [7, 11) is 3.55. The Labute approximate surface area is 231 Å². The third-order valence-corrected chi connectivity index (χ3v) is 9.08. The molecule has 7 nitrogen and oxygen atoms in total. The fourth-order valence-corrected chi connectivity index (χ4v) is 6.24. The van der Waals surface area contributed by atoms with Gasteiger partial charge in [0.25, 0.3) is 0 Å². The van der Waals surface area contributed by atoms with Crippen LogP contribution in [0.15, 0.2) is 24.3 Å². The number of unbranched alkanes of at least 4 members (excludes halogenated alkanes) is 2. The van der Waals surface area contributed by atoms with Gasteiger partial charge in [-0.1, -0.05) is 19.4 Å². The van der Waals surface area contributed by atoms with Crippen LogP contribution in [0.4, 0.5) is 10.2 Å². The quantitative estimate of drug-likeness (QED) is 0.361. The van der Waals surface area contributed by atoms with Crippen LogP contribution in [0.1, 0.15) is 80.3 Å². The van der Waals surface area contributed by atoms with Gasteiger partial charge in [0.2, 0.25) is 0 Å². The first-order valence-electron chi connectivity index (χ1n) is 14.6. The number of aliphatic carboxylic acids is 1. The Morgan fingerprint density at radius 1 is 1.31 bits per heavy atom. The predicted molar refractivity (Wildman–Crippen MR) is 151 cm³/mol. The van der Waals surface area contributed by atoms with Gasteiger partial charge in [0.15, 0.2) is 11.6 Å². The molecule has 5 rings (SSSR count). The molecule has 0 bridgehead atoms. The molecular formula is C31H43FN4O3. The van der Waals surface area contributed by atoms with E-state index in [0.29, 0.717) is 18.7 Å². The Balaban J connectivity index is 1.14. The molecule has 2 N–H and O–H groups in total. The van der Waals surface area contributed by atoms with Crippen molar-refractivity contribution in [2.45, 2.75) is 82.2 Å². The van der Waals surface area contributed by atoms with Gasteiger partial charge >= 0.3 is 5.97 Å². The van der Waals surface area contributed by atoms with Crippen molar-refractivity contribution in [2.75, 3.05) is 45.7 Å². The number of pyridine rings is 1. The number of anilines is 1. The summed E-state index contributed by atoms with van der Waals surface area (Å²) in [6, 6.07) is 7.14. The van der Waals surface area contributed by atoms with Crippen LogP contribution >= 0.6 is 0 Å². The Morgan fingerprint density at radius 2 is 2.13 bits per heavy atom. The molecule has 1 saturated heterocycles. The van der Waals surface area contributed by atoms with Crippen molar-refractivity contribution in [3.05, 3.63) is 52.5 Å². The number of fused-ring (bicyclic) bond motifs is 1. The van der Waals surface area contributed by atoms with Gasteiger partial charge < -0.3 is 20.1 Å². The van der Waals surface area contributed by atoms with Crippen LogP contribution in [-0.4, -0.2) is 72.2 Å². The van der Waals surface area contributed by atoms with Crippen molar-refractivity contribution in [2.24, 2.45) is 0 Å². The highest BCUT2D eigenvalue weighted by atomic mass is 19.1. The molecule has 1 aromatic carbocycles. The van der Waals surface area contributed by atoms with E-state index in [0.717, 1.165) is 81.5 Å². The number of hydrogen-bond acceptors (Lipinski definition) is 6. The molecule has 0 radical (unpaired) electrons. The van der Waals surface area contributed by atoms with E-state index >= 15 is 4.39 Å². The molecular weight excluding hydrogens is 495 g/mol. The number of likely N-dealkylation sites (N-methyl/N-ethyl adjacent to an activating group) is 1. The Morgan fingerprint density at radius 3 is 2.87 bits per heavy atom. The summed E-state index contributed by atoms with van der Waals surface area (Å²) in [5.41, 5.74) is 3.73. The van der Waals surface area contributed by atoms with Crippen molar-refractivity contribution in [3.8, 4) is 5.75 Å². The van der Waals surface area contributed by atoms with E-state index < -0.39 is 17.8 Å². The maximum atomic E-state index is 15.0. The minimum Gasteiger partial charge on any atom is -0.493 e. The summed E-state index contributed by atoms with van der Waals surface area (Å²) in [5.74, 6) is -0.312. The minimum atomic E-state index is -0.958. The molecule has 1 saturated carbocycles. The van der Waals surface area contributed by atoms with E-state index in [9.17, 15) is 9.90 Å². The van der Waals surface area contributed by atoms with Gasteiger partial charge in [-0.2, -0.15) is 0 Å². The maximum absolute atomic E-state index is 15.0. The first kappa shape index (κ1) is 27.8. The number of ether oxygens (including phenoxy) is 1. The number of nitrogens with one attached hydrogen (secondary N) is 1. The predicted octanol–water partition coefficient (Wildman–Crippen LogP) is 5.18. The van der Waals surface area contributed by atoms with Gasteiger partial charge in [-0.15, -0.1) is 0 Å². The first-order chi connectivity index (χ1) is 18.8. The van der Waals surface area contributed by atoms with Crippen molar-refractivity contribution < 1.29 is 19.0 Å². The zero-order valence-electron chi connectivity index (χ0n) is 23.6. The van der Waals surface area contributed by atoms with Crippen molar-refractivity contribution in [1.29, 1.82) is 0 Å². The van der Waals surface area contributed by atoms with Crippen LogP contribution in [0.3, 0.4) is 0 Å². The topological polar surface area (TPSA) is 77.9 Å². The van der Waals surface area contributed by atoms with Crippen LogP contribution in [-0.2, 0) is 23.1 Å². The van der Waals surface area contributed by atoms with Crippen molar-refractivity contribution in [3.63, 3.8) is 0 Å². The lowest BCUT2D eigenvalue weighted by molar-refractivity contribution is -0.143. The molecule has 8 heteroatoms. The molecule has 39 heavy (non-hydrogen) atoms. The van der Waals surface area contributed by atoms with E-state index in [1.165, 1.54) is 25.2 Å². The molecule has 1 unspecified atom stereocenters. The van der Waals surface area contributed by atoms with Crippen LogP contribution in [0.2, 0.25) is 0 Å². The molecule has 3 heterocycles. The largest absolute Gasteiger partial charge is 0.493 e. The summed E-state index contributed by atoms with van der Waals surface area (Å²) >= 11 is 0. The lowest BCUT2D eigenvalue weighted by Gasteiger charge is -2.29. The van der Waals surface area contributed by atoms with Gasteiger partial charge in [-0.05, 0) is 99.7 Å². The lowest BCUT2D eigenvalue weighted by atomic mass is 9.92. The lowest BCUT2D eigenvalue weighted by Crippen LogP contribution is -2.38. The molecule has 2 fully saturated rings. The van der Waals surface area contributed by atoms with Crippen molar-refractivity contribution in [1.82, 2.24) is 14.8 Å². The van der Waals surface area contributed by atoms with Crippen LogP contribution in [0.5, 0.6) is 5.75 Å². The number of methoxy groups -OCH3 is 1. The number of halogens is 1. The molecule has 1 aliphatic carbocycles. The molecule has 1 aromatic heterocycles. The van der Waals surface area contributed by atoms with Gasteiger partial charge in [0, 0.05) is 36.9 Å². The first-order valence-corrected chi connectivity index (χ1v) is 14.6. The Hall–Kier alpha value is -2.71. The number of carbonyl (C=O) groups is 1. The van der Waals surface area contributed by atoms with Gasteiger partial charge in [-0.25, -0.2) is 9.37 Å². The molecule has 212 valence electrons. The Kier molecular flexibility index (Phi) is 8.43. The van der Waals surface area contributed by atoms with E-state index in [1.54, 1.807) is 0 Å². The van der Waals surface area contributed by atoms with Gasteiger partial charge in [0.1, 0.15) is 11.9 Å². The molecule has 2 atom stereocenters. The SMILES string of the molecule is COc1c(F)cc(C2(C)CC2)cc1C(C(=O)O)N1CC[C@@H](N(C)CCCCCc2ccc3c(n2)NCCC3)C1. The second-order valence-corrected chi connectivity index (χ2v) is 12.0. The number of carboxylic acid groups (broad SMARTS) is 1. The third kappa shape index (κ3) is 6.22. The van der Waals surface area contributed by atoms with E-state index in [4.69, 9.17) is 9.72 Å². The number of aromatic nitrogens is 1. The number of rotatable bonds is 12. The van der Waals surface area contributed by atoms with E-state index in [2.05, 4.69) is 36.3 Å². The minimum absolute atomic E-state index is 0.0522. The summed E-state index contributed by atoms with van der Waals surface area (Å²) in [6.07, 6.45) is 9.51. The molecule has 3 aliphatic rings. The van der Waals surface area contributed by atoms with Crippen LogP contribution < -0.4 is 10.1 Å². The highest BCUT2D eigenvalue weighted by Gasteiger charge is 2.42. The number of likely N-dealkylation sites (tertiary alicyclic amines) is 1. The number of nitrogens with zero attached hydrogens (tertiary/aromatic N) is 3. The van der Waals surface area contributed by atoms with Crippen molar-refractivity contribution >= 4 is 11.8 Å². The van der Waals surface area contributed by atoms with Crippen LogP contribution in [0, 0.1) is 5.82 Å². The highest BCUT2D eigenvalue weighted by Crippen LogP contribution is 2.49. The summed E-state index contributed by atoms with van der Waals surface area (Å²) in [4.78, 5) is 21.7. The van der Waals surface area contributed by atoms with Crippen LogP contribution in [0.25, 0.3) is 0 Å². The molecule has 2 aromatic rings. The molecule has 2 aliphatic heterocycles. The number of aryl methyl sites for hydroxylation is 2. The Bertz CT molecular complexity index is 1180. The molecule has 0 spiro atoms. The van der Waals surface area contributed by atoms with E-state index in [-0.39, 0.29) is 17.2 Å². The normalized spacial score (nSPS) is 20.9. The third-order valence-electron chi connectivity index (χ3n) is 9.08. The second kappa shape index (κ2) is 11.8. The summed E-state index contributed by atoms with van der Waals surface area (Å²) in [6.45, 7) is 5.40. The fraction of sp³-hybridized carbons (Fsp3) is 0.613. The standard InChI is InChI=1S/C31H43FN4O3/c1-31(13-14-31)22-18-25(28(39-3)26(32)19-22)27(30(37)38)36-17-12-24(20-36)35(2)16-6-4-5-9-23-11-10-21-8-7-15-33-29(21)34-23/h10-11,18-19,24,27H,4-9,12-17,20H2,1-3H3,(H,33,34)(H,37,38)/t24-,27?/m1/s1. The number of hydrogen-bond donors (Lipinski definition) is 2. The van der Waals surface area contributed by atoms with Gasteiger partial charge in [0.05, 0.1) is 7.11 Å². The smallest absolute Gasteiger partial charge is 0.325 e. The maximum Gasteiger partial charge on any atom is 0.325 e. The monoisotopic (exact) mass is 538 g/mol. The summed E-state index contributed by atoms with van der Waals surface area (Å²) in [5, 5.41) is 13.7. The highest BCUT2D eigenvalue weighted by molar-refractivity contribution is 5.77. The average Bonchev–Trinajstić information content (AvgIpc) is 3.49.